The van der Waals surface area contributed by atoms with E-state index in [1.807, 2.05) is 0 Å². The molecule has 2 saturated heterocycles. The normalized spacial score (nSPS) is 23.9. The molecule has 0 bridgehead atoms. The van der Waals surface area contributed by atoms with Crippen LogP contribution >= 0.6 is 0 Å². The minimum atomic E-state index is -0.343. The Hall–Kier alpha value is -2.21. The zero-order chi connectivity index (χ0) is 16.5. The van der Waals surface area contributed by atoms with E-state index in [0.29, 0.717) is 17.3 Å². The van der Waals surface area contributed by atoms with Gasteiger partial charge in [0.1, 0.15) is 11.5 Å². The van der Waals surface area contributed by atoms with Crippen molar-refractivity contribution in [1.29, 1.82) is 0 Å². The molecule has 2 aliphatic rings. The zero-order valence-corrected chi connectivity index (χ0v) is 13.4. The average Bonchev–Trinajstić information content (AvgIpc) is 3.23. The predicted molar refractivity (Wildman–Crippen MR) is 87.0 cm³/mol. The van der Waals surface area contributed by atoms with Crippen LogP contribution in [0, 0.1) is 5.82 Å². The number of fused-ring (bicyclic) bond motifs is 1. The van der Waals surface area contributed by atoms with E-state index in [-0.39, 0.29) is 23.5 Å². The van der Waals surface area contributed by atoms with E-state index >= 15 is 0 Å². The number of rotatable bonds is 3. The van der Waals surface area contributed by atoms with Crippen LogP contribution in [0.3, 0.4) is 0 Å². The maximum Gasteiger partial charge on any atom is 0.290 e. The van der Waals surface area contributed by atoms with Gasteiger partial charge in [0.15, 0.2) is 0 Å². The third-order valence-electron chi connectivity index (χ3n) is 5.03. The first-order valence-corrected chi connectivity index (χ1v) is 8.48. The van der Waals surface area contributed by atoms with Crippen molar-refractivity contribution in [2.24, 2.45) is 0 Å². The summed E-state index contributed by atoms with van der Waals surface area (Å²) in [5.41, 5.74) is 1.06. The Kier molecular flexibility index (Phi) is 4.06. The molecule has 4 rings (SSSR count). The predicted octanol–water partition coefficient (Wildman–Crippen LogP) is 2.84. The summed E-state index contributed by atoms with van der Waals surface area (Å²) < 4.78 is 18.5. The fourth-order valence-electron chi connectivity index (χ4n) is 3.82. The third kappa shape index (κ3) is 2.94. The molecule has 1 amide bonds. The van der Waals surface area contributed by atoms with Crippen LogP contribution in [0.5, 0.6) is 0 Å². The molecular weight excluding hydrogens is 309 g/mol. The Balaban J connectivity index is 1.45. The molecule has 0 spiro atoms. The molecule has 2 aliphatic heterocycles. The maximum absolute atomic E-state index is 13.3. The van der Waals surface area contributed by atoms with E-state index in [1.54, 1.807) is 18.2 Å². The van der Waals surface area contributed by atoms with Crippen LogP contribution in [0.1, 0.15) is 36.2 Å². The first kappa shape index (κ1) is 15.3. The largest absolute Gasteiger partial charge is 0.350 e. The molecule has 5 nitrogen and oxygen atoms in total. The van der Waals surface area contributed by atoms with Crippen LogP contribution < -0.4 is 5.32 Å². The van der Waals surface area contributed by atoms with Crippen molar-refractivity contribution in [3.05, 3.63) is 41.9 Å². The van der Waals surface area contributed by atoms with Gasteiger partial charge in [0.25, 0.3) is 5.91 Å². The first-order valence-electron chi connectivity index (χ1n) is 8.48. The van der Waals surface area contributed by atoms with Gasteiger partial charge in [-0.2, -0.15) is 0 Å². The number of benzene rings is 1. The summed E-state index contributed by atoms with van der Waals surface area (Å²) in [7, 11) is 0. The molecule has 1 N–H and O–H groups in total. The first-order chi connectivity index (χ1) is 11.7. The van der Waals surface area contributed by atoms with Gasteiger partial charge in [-0.1, -0.05) is 23.7 Å². The van der Waals surface area contributed by atoms with E-state index < -0.39 is 0 Å². The summed E-state index contributed by atoms with van der Waals surface area (Å²) in [6.45, 7) is 2.17. The fraction of sp³-hybridized carbons (Fsp3) is 0.444. The number of carbonyl (C=O) groups is 1. The summed E-state index contributed by atoms with van der Waals surface area (Å²) in [6, 6.07) is 8.25. The van der Waals surface area contributed by atoms with E-state index in [9.17, 15) is 9.18 Å². The number of halogens is 1. The number of nitrogens with one attached hydrogen (secondary N) is 1. The zero-order valence-electron chi connectivity index (χ0n) is 13.4. The number of hydrogen-bond donors (Lipinski definition) is 1. The molecule has 2 unspecified atom stereocenters. The highest BCUT2D eigenvalue weighted by Crippen LogP contribution is 2.27. The molecule has 2 fully saturated rings. The molecule has 126 valence electrons. The Morgan fingerprint density at radius 2 is 2.17 bits per heavy atom. The molecule has 2 aromatic rings. The van der Waals surface area contributed by atoms with Gasteiger partial charge in [0.05, 0.1) is 0 Å². The SMILES string of the molecule is O=C(NC1CCN2CCCCC12)c1cc(-c2cccc(F)c2)no1. The lowest BCUT2D eigenvalue weighted by molar-refractivity contribution is 0.0878. The van der Waals surface area contributed by atoms with Gasteiger partial charge >= 0.3 is 0 Å². The van der Waals surface area contributed by atoms with Crippen molar-refractivity contribution in [2.45, 2.75) is 37.8 Å². The number of aromatic nitrogens is 1. The minimum absolute atomic E-state index is 0.167. The van der Waals surface area contributed by atoms with Crippen molar-refractivity contribution in [2.75, 3.05) is 13.1 Å². The lowest BCUT2D eigenvalue weighted by Crippen LogP contribution is -2.46. The van der Waals surface area contributed by atoms with Crippen molar-refractivity contribution in [1.82, 2.24) is 15.4 Å². The van der Waals surface area contributed by atoms with Crippen LogP contribution in [-0.4, -0.2) is 41.1 Å². The molecule has 0 aliphatic carbocycles. The van der Waals surface area contributed by atoms with E-state index in [0.717, 1.165) is 25.9 Å². The second-order valence-electron chi connectivity index (χ2n) is 6.55. The Morgan fingerprint density at radius 1 is 1.25 bits per heavy atom. The van der Waals surface area contributed by atoms with Gasteiger partial charge in [0.2, 0.25) is 5.76 Å². The Labute approximate surface area is 139 Å². The summed E-state index contributed by atoms with van der Waals surface area (Å²) in [4.78, 5) is 14.9. The smallest absolute Gasteiger partial charge is 0.290 e. The van der Waals surface area contributed by atoms with E-state index in [2.05, 4.69) is 15.4 Å². The van der Waals surface area contributed by atoms with Crippen LogP contribution in [-0.2, 0) is 0 Å². The highest BCUT2D eigenvalue weighted by molar-refractivity contribution is 5.92. The number of nitrogens with zero attached hydrogens (tertiary/aromatic N) is 2. The monoisotopic (exact) mass is 329 g/mol. The topological polar surface area (TPSA) is 58.4 Å². The van der Waals surface area contributed by atoms with Crippen LogP contribution in [0.2, 0.25) is 0 Å². The standard InChI is InChI=1S/C18H20FN3O2/c19-13-5-3-4-12(10-13)15-11-17(24-21-15)18(23)20-14-7-9-22-8-2-1-6-16(14)22/h3-5,10-11,14,16H,1-2,6-9H2,(H,20,23). The molecule has 24 heavy (non-hydrogen) atoms. The molecule has 6 heteroatoms. The van der Waals surface area contributed by atoms with E-state index in [1.165, 1.54) is 25.0 Å². The fourth-order valence-corrected chi connectivity index (χ4v) is 3.82. The average molecular weight is 329 g/mol. The number of hydrogen-bond acceptors (Lipinski definition) is 4. The lowest BCUT2D eigenvalue weighted by Gasteiger charge is -2.32. The van der Waals surface area contributed by atoms with Gasteiger partial charge in [-0.05, 0) is 37.9 Å². The van der Waals surface area contributed by atoms with Crippen LogP contribution in [0.25, 0.3) is 11.3 Å². The summed E-state index contributed by atoms with van der Waals surface area (Å²) >= 11 is 0. The van der Waals surface area contributed by atoms with Gasteiger partial charge in [-0.15, -0.1) is 0 Å². The molecule has 2 atom stereocenters. The number of carbonyl (C=O) groups excluding carboxylic acids is 1. The van der Waals surface area contributed by atoms with Gasteiger partial charge in [0, 0.05) is 30.3 Å². The minimum Gasteiger partial charge on any atom is -0.350 e. The van der Waals surface area contributed by atoms with E-state index in [4.69, 9.17) is 4.52 Å². The lowest BCUT2D eigenvalue weighted by atomic mass is 9.99. The molecule has 1 aromatic heterocycles. The van der Waals surface area contributed by atoms with Crippen molar-refractivity contribution >= 4 is 5.91 Å². The van der Waals surface area contributed by atoms with Crippen molar-refractivity contribution in [3.8, 4) is 11.3 Å². The maximum atomic E-state index is 13.3. The van der Waals surface area contributed by atoms with Gasteiger partial charge in [-0.25, -0.2) is 4.39 Å². The van der Waals surface area contributed by atoms with Crippen LogP contribution in [0.15, 0.2) is 34.9 Å². The Bertz CT molecular complexity index is 745. The van der Waals surface area contributed by atoms with Gasteiger partial charge < -0.3 is 9.84 Å². The molecule has 1 aromatic carbocycles. The van der Waals surface area contributed by atoms with Crippen LogP contribution in [0.4, 0.5) is 4.39 Å². The summed E-state index contributed by atoms with van der Waals surface area (Å²) in [5, 5.41) is 6.97. The summed E-state index contributed by atoms with van der Waals surface area (Å²) in [5.74, 6) is -0.420. The second kappa shape index (κ2) is 6.36. The molecular formula is C18H20FN3O2. The number of piperidine rings is 1. The highest BCUT2D eigenvalue weighted by Gasteiger charge is 2.36. The third-order valence-corrected chi connectivity index (χ3v) is 5.03. The highest BCUT2D eigenvalue weighted by atomic mass is 19.1. The second-order valence-corrected chi connectivity index (χ2v) is 6.55. The van der Waals surface area contributed by atoms with Crippen molar-refractivity contribution in [3.63, 3.8) is 0 Å². The number of amides is 1. The molecule has 3 heterocycles. The van der Waals surface area contributed by atoms with Crippen molar-refractivity contribution < 1.29 is 13.7 Å². The summed E-state index contributed by atoms with van der Waals surface area (Å²) in [6.07, 6.45) is 4.58. The molecule has 0 radical (unpaired) electrons. The quantitative estimate of drug-likeness (QED) is 0.941. The Morgan fingerprint density at radius 3 is 3.04 bits per heavy atom. The van der Waals surface area contributed by atoms with Gasteiger partial charge in [-0.3, -0.25) is 9.69 Å². The molecule has 0 saturated carbocycles.